The van der Waals surface area contributed by atoms with Crippen LogP contribution in [0.2, 0.25) is 0 Å². The molecule has 0 spiro atoms. The Balaban J connectivity index is 3.24. The van der Waals surface area contributed by atoms with Gasteiger partial charge in [0, 0.05) is 18.3 Å². The average Bonchev–Trinajstić information content (AvgIpc) is 2.24. The lowest BCUT2D eigenvalue weighted by Crippen LogP contribution is -2.09. The lowest BCUT2D eigenvalue weighted by Gasteiger charge is -2.12. The number of aliphatic hydroxyl groups is 1. The van der Waals surface area contributed by atoms with Crippen molar-refractivity contribution in [3.05, 3.63) is 27.3 Å². The minimum Gasteiger partial charge on any atom is -0.395 e. The largest absolute Gasteiger partial charge is 0.395 e. The summed E-state index contributed by atoms with van der Waals surface area (Å²) in [5.74, 6) is 0. The maximum atomic E-state index is 10.8. The van der Waals surface area contributed by atoms with Gasteiger partial charge < -0.3 is 16.2 Å². The third kappa shape index (κ3) is 2.22. The van der Waals surface area contributed by atoms with Crippen LogP contribution in [0.5, 0.6) is 0 Å². The molecule has 0 aliphatic rings. The second-order valence-corrected chi connectivity index (χ2v) is 3.51. The Bertz CT molecular complexity index is 418. The molecule has 16 heavy (non-hydrogen) atoms. The van der Waals surface area contributed by atoms with Gasteiger partial charge in [-0.05, 0) is 25.0 Å². The third-order valence-electron chi connectivity index (χ3n) is 2.55. The molecule has 0 aliphatic heterocycles. The average molecular weight is 225 g/mol. The maximum Gasteiger partial charge on any atom is 0.294 e. The van der Waals surface area contributed by atoms with Crippen molar-refractivity contribution in [2.45, 2.75) is 13.8 Å². The van der Waals surface area contributed by atoms with Crippen LogP contribution in [-0.2, 0) is 0 Å². The minimum atomic E-state index is -0.508. The monoisotopic (exact) mass is 225 g/mol. The summed E-state index contributed by atoms with van der Waals surface area (Å²) in [6, 6.07) is 1.40. The Morgan fingerprint density at radius 2 is 2.12 bits per heavy atom. The summed E-state index contributed by atoms with van der Waals surface area (Å²) >= 11 is 0. The molecule has 0 bridgehead atoms. The Morgan fingerprint density at radius 1 is 1.50 bits per heavy atom. The van der Waals surface area contributed by atoms with Gasteiger partial charge in [0.05, 0.1) is 11.5 Å². The molecule has 0 aromatic heterocycles. The molecule has 6 nitrogen and oxygen atoms in total. The van der Waals surface area contributed by atoms with Crippen molar-refractivity contribution in [3.8, 4) is 0 Å². The SMILES string of the molecule is Cc1c(NCCO)cc([N+](=O)[O-])c(N)c1C. The molecule has 0 radical (unpaired) electrons. The zero-order valence-corrected chi connectivity index (χ0v) is 9.28. The quantitative estimate of drug-likeness (QED) is 0.406. The summed E-state index contributed by atoms with van der Waals surface area (Å²) in [4.78, 5) is 10.3. The van der Waals surface area contributed by atoms with Crippen LogP contribution < -0.4 is 11.1 Å². The highest BCUT2D eigenvalue weighted by Gasteiger charge is 2.17. The van der Waals surface area contributed by atoms with E-state index in [2.05, 4.69) is 5.32 Å². The van der Waals surface area contributed by atoms with Gasteiger partial charge >= 0.3 is 0 Å². The first-order chi connectivity index (χ1) is 7.49. The molecule has 88 valence electrons. The van der Waals surface area contributed by atoms with Gasteiger partial charge in [-0.1, -0.05) is 0 Å². The maximum absolute atomic E-state index is 10.8. The fourth-order valence-corrected chi connectivity index (χ4v) is 1.44. The van der Waals surface area contributed by atoms with E-state index in [0.29, 0.717) is 17.8 Å². The van der Waals surface area contributed by atoms with Crippen LogP contribution in [0.4, 0.5) is 17.1 Å². The van der Waals surface area contributed by atoms with Crippen molar-refractivity contribution < 1.29 is 10.0 Å². The Kier molecular flexibility index (Phi) is 3.68. The molecule has 0 saturated heterocycles. The van der Waals surface area contributed by atoms with Crippen LogP contribution >= 0.6 is 0 Å². The second kappa shape index (κ2) is 4.80. The van der Waals surface area contributed by atoms with Crippen molar-refractivity contribution in [3.63, 3.8) is 0 Å². The predicted molar refractivity (Wildman–Crippen MR) is 62.6 cm³/mol. The lowest BCUT2D eigenvalue weighted by molar-refractivity contribution is -0.383. The molecule has 0 saturated carbocycles. The van der Waals surface area contributed by atoms with E-state index in [1.54, 1.807) is 6.92 Å². The van der Waals surface area contributed by atoms with Crippen molar-refractivity contribution in [2.24, 2.45) is 0 Å². The van der Waals surface area contributed by atoms with Gasteiger partial charge in [0.1, 0.15) is 5.69 Å². The number of rotatable bonds is 4. The molecule has 4 N–H and O–H groups in total. The summed E-state index contributed by atoms with van der Waals surface area (Å²) in [7, 11) is 0. The van der Waals surface area contributed by atoms with Crippen LogP contribution in [0.15, 0.2) is 6.07 Å². The molecule has 0 unspecified atom stereocenters. The number of aliphatic hydroxyl groups excluding tert-OH is 1. The number of benzene rings is 1. The minimum absolute atomic E-state index is 0.0311. The first-order valence-corrected chi connectivity index (χ1v) is 4.87. The van der Waals surface area contributed by atoms with Crippen LogP contribution in [-0.4, -0.2) is 23.2 Å². The van der Waals surface area contributed by atoms with Crippen LogP contribution in [0.3, 0.4) is 0 Å². The van der Waals surface area contributed by atoms with Crippen molar-refractivity contribution in [1.82, 2.24) is 0 Å². The summed E-state index contributed by atoms with van der Waals surface area (Å²) < 4.78 is 0. The van der Waals surface area contributed by atoms with Crippen LogP contribution in [0.25, 0.3) is 0 Å². The number of nitrogens with one attached hydrogen (secondary N) is 1. The standard InChI is InChI=1S/C10H15N3O3/c1-6-7(2)10(11)9(13(15)16)5-8(6)12-3-4-14/h5,12,14H,3-4,11H2,1-2H3. The van der Waals surface area contributed by atoms with Crippen LogP contribution in [0.1, 0.15) is 11.1 Å². The number of nitro groups is 1. The van der Waals surface area contributed by atoms with Gasteiger partial charge in [-0.2, -0.15) is 0 Å². The molecule has 6 heteroatoms. The van der Waals surface area contributed by atoms with Crippen molar-refractivity contribution >= 4 is 17.1 Å². The smallest absolute Gasteiger partial charge is 0.294 e. The van der Waals surface area contributed by atoms with Crippen molar-refractivity contribution in [2.75, 3.05) is 24.2 Å². The molecule has 0 atom stereocenters. The van der Waals surface area contributed by atoms with Gasteiger partial charge in [-0.3, -0.25) is 10.1 Å². The van der Waals surface area contributed by atoms with Gasteiger partial charge in [-0.25, -0.2) is 0 Å². The van der Waals surface area contributed by atoms with E-state index in [-0.39, 0.29) is 18.0 Å². The zero-order chi connectivity index (χ0) is 12.3. The normalized spacial score (nSPS) is 10.2. The molecule has 1 aromatic rings. The van der Waals surface area contributed by atoms with E-state index < -0.39 is 4.92 Å². The number of nitrogens with two attached hydrogens (primary N) is 1. The molecular weight excluding hydrogens is 210 g/mol. The molecule has 1 rings (SSSR count). The summed E-state index contributed by atoms with van der Waals surface area (Å²) in [5.41, 5.74) is 7.93. The van der Waals surface area contributed by atoms with E-state index in [0.717, 1.165) is 5.56 Å². The first kappa shape index (κ1) is 12.3. The number of hydrogen-bond acceptors (Lipinski definition) is 5. The highest BCUT2D eigenvalue weighted by molar-refractivity contribution is 5.73. The third-order valence-corrected chi connectivity index (χ3v) is 2.55. The number of hydrogen-bond donors (Lipinski definition) is 3. The first-order valence-electron chi connectivity index (χ1n) is 4.87. The zero-order valence-electron chi connectivity index (χ0n) is 9.28. The Morgan fingerprint density at radius 3 is 2.62 bits per heavy atom. The van der Waals surface area contributed by atoms with Gasteiger partial charge in [0.15, 0.2) is 0 Å². The van der Waals surface area contributed by atoms with Crippen LogP contribution in [0, 0.1) is 24.0 Å². The van der Waals surface area contributed by atoms with E-state index in [4.69, 9.17) is 10.8 Å². The number of anilines is 2. The molecular formula is C10H15N3O3. The fraction of sp³-hybridized carbons (Fsp3) is 0.400. The Hall–Kier alpha value is -1.82. The summed E-state index contributed by atoms with van der Waals surface area (Å²) in [6.45, 7) is 3.88. The van der Waals surface area contributed by atoms with E-state index >= 15 is 0 Å². The lowest BCUT2D eigenvalue weighted by atomic mass is 10.0. The van der Waals surface area contributed by atoms with Gasteiger partial charge in [-0.15, -0.1) is 0 Å². The molecule has 1 aromatic carbocycles. The topological polar surface area (TPSA) is 101 Å². The highest BCUT2D eigenvalue weighted by atomic mass is 16.6. The highest BCUT2D eigenvalue weighted by Crippen LogP contribution is 2.32. The summed E-state index contributed by atoms with van der Waals surface area (Å²) in [6.07, 6.45) is 0. The summed E-state index contributed by atoms with van der Waals surface area (Å²) in [5, 5.41) is 22.4. The fourth-order valence-electron chi connectivity index (χ4n) is 1.44. The molecule has 0 amide bonds. The number of nitrogen functional groups attached to an aromatic ring is 1. The predicted octanol–water partition coefficient (Wildman–Crippen LogP) is 1.20. The molecule has 0 fully saturated rings. The number of nitro benzene ring substituents is 1. The van der Waals surface area contributed by atoms with E-state index in [1.807, 2.05) is 6.92 Å². The van der Waals surface area contributed by atoms with Gasteiger partial charge in [0.25, 0.3) is 5.69 Å². The Labute approximate surface area is 93.2 Å². The molecule has 0 aliphatic carbocycles. The van der Waals surface area contributed by atoms with E-state index in [9.17, 15) is 10.1 Å². The van der Waals surface area contributed by atoms with Gasteiger partial charge in [0.2, 0.25) is 0 Å². The number of nitrogens with zero attached hydrogens (tertiary/aromatic N) is 1. The van der Waals surface area contributed by atoms with Crippen molar-refractivity contribution in [1.29, 1.82) is 0 Å². The second-order valence-electron chi connectivity index (χ2n) is 3.51. The molecule has 0 heterocycles. The van der Waals surface area contributed by atoms with E-state index in [1.165, 1.54) is 6.07 Å².